The van der Waals surface area contributed by atoms with Gasteiger partial charge < -0.3 is 15.0 Å². The van der Waals surface area contributed by atoms with Crippen LogP contribution in [0.25, 0.3) is 0 Å². The number of hydrogen-bond acceptors (Lipinski definition) is 4. The van der Waals surface area contributed by atoms with Gasteiger partial charge in [-0.3, -0.25) is 0 Å². The van der Waals surface area contributed by atoms with Crippen molar-refractivity contribution in [1.82, 2.24) is 9.88 Å². The fraction of sp³-hybridized carbons (Fsp3) is 0.583. The van der Waals surface area contributed by atoms with Crippen LogP contribution in [0.5, 0.6) is 5.75 Å². The lowest BCUT2D eigenvalue weighted by molar-refractivity contribution is 0.352. The highest BCUT2D eigenvalue weighted by molar-refractivity contribution is 5.49. The molecule has 1 aliphatic rings. The Labute approximate surface area is 96.6 Å². The van der Waals surface area contributed by atoms with Gasteiger partial charge >= 0.3 is 0 Å². The molecule has 1 aromatic heterocycles. The van der Waals surface area contributed by atoms with Gasteiger partial charge in [0.1, 0.15) is 0 Å². The van der Waals surface area contributed by atoms with Crippen LogP contribution < -0.4 is 10.1 Å². The first kappa shape index (κ1) is 11.2. The summed E-state index contributed by atoms with van der Waals surface area (Å²) in [6, 6.07) is 3.80. The molecule has 0 aliphatic carbocycles. The maximum Gasteiger partial charge on any atom is 0.168 e. The number of anilines is 1. The maximum atomic E-state index is 5.23. The van der Waals surface area contributed by atoms with Gasteiger partial charge in [0.05, 0.1) is 7.11 Å². The first-order valence-corrected chi connectivity index (χ1v) is 5.85. The van der Waals surface area contributed by atoms with Gasteiger partial charge in [-0.15, -0.1) is 0 Å². The predicted octanol–water partition coefficient (Wildman–Crippen LogP) is 1.60. The minimum Gasteiger partial charge on any atom is -0.493 e. The topological polar surface area (TPSA) is 37.4 Å². The van der Waals surface area contributed by atoms with Gasteiger partial charge in [0.2, 0.25) is 0 Å². The number of rotatable bonds is 5. The molecule has 0 atom stereocenters. The molecule has 1 aliphatic heterocycles. The van der Waals surface area contributed by atoms with Crippen LogP contribution in [0.1, 0.15) is 12.8 Å². The molecule has 1 aromatic rings. The fourth-order valence-corrected chi connectivity index (χ4v) is 2.03. The van der Waals surface area contributed by atoms with E-state index in [4.69, 9.17) is 4.74 Å². The Kier molecular flexibility index (Phi) is 3.99. The molecule has 0 amide bonds. The number of nitrogens with one attached hydrogen (secondary N) is 1. The molecule has 0 spiro atoms. The number of nitrogens with zero attached hydrogens (tertiary/aromatic N) is 2. The second-order valence-electron chi connectivity index (χ2n) is 4.03. The number of likely N-dealkylation sites (tertiary alicyclic amines) is 1. The summed E-state index contributed by atoms with van der Waals surface area (Å²) in [5.74, 6) is 1.65. The number of ether oxygens (including phenoxy) is 1. The molecule has 4 nitrogen and oxygen atoms in total. The summed E-state index contributed by atoms with van der Waals surface area (Å²) >= 11 is 0. The van der Waals surface area contributed by atoms with E-state index in [1.54, 1.807) is 13.3 Å². The van der Waals surface area contributed by atoms with E-state index in [1.807, 2.05) is 12.1 Å². The molecule has 2 rings (SSSR count). The zero-order valence-electron chi connectivity index (χ0n) is 9.78. The zero-order chi connectivity index (χ0) is 11.2. The van der Waals surface area contributed by atoms with Gasteiger partial charge in [-0.25, -0.2) is 4.98 Å². The van der Waals surface area contributed by atoms with Gasteiger partial charge in [0.25, 0.3) is 0 Å². The van der Waals surface area contributed by atoms with Gasteiger partial charge in [-0.05, 0) is 38.1 Å². The Hall–Kier alpha value is -1.29. The van der Waals surface area contributed by atoms with Crippen molar-refractivity contribution in [2.75, 3.05) is 38.6 Å². The molecule has 16 heavy (non-hydrogen) atoms. The number of hydrogen-bond donors (Lipinski definition) is 1. The maximum absolute atomic E-state index is 5.23. The van der Waals surface area contributed by atoms with Crippen LogP contribution in [0.15, 0.2) is 18.3 Å². The average molecular weight is 221 g/mol. The first-order valence-electron chi connectivity index (χ1n) is 5.85. The van der Waals surface area contributed by atoms with Crippen LogP contribution in [0.3, 0.4) is 0 Å². The van der Waals surface area contributed by atoms with Gasteiger partial charge in [-0.2, -0.15) is 0 Å². The molecular weight excluding hydrogens is 202 g/mol. The SMILES string of the molecule is COc1cccnc1NCCN1CCCC1. The molecule has 0 aromatic carbocycles. The van der Waals surface area contributed by atoms with E-state index in [2.05, 4.69) is 15.2 Å². The van der Waals surface area contributed by atoms with Crippen LogP contribution in [-0.2, 0) is 0 Å². The molecule has 4 heteroatoms. The van der Waals surface area contributed by atoms with E-state index in [-0.39, 0.29) is 0 Å². The van der Waals surface area contributed by atoms with Crippen molar-refractivity contribution in [3.8, 4) is 5.75 Å². The highest BCUT2D eigenvalue weighted by Gasteiger charge is 2.10. The number of methoxy groups -OCH3 is 1. The summed E-state index contributed by atoms with van der Waals surface area (Å²) in [4.78, 5) is 6.73. The van der Waals surface area contributed by atoms with Crippen LogP contribution >= 0.6 is 0 Å². The Morgan fingerprint density at radius 2 is 2.25 bits per heavy atom. The van der Waals surface area contributed by atoms with Crippen LogP contribution in [-0.4, -0.2) is 43.2 Å². The molecule has 0 radical (unpaired) electrons. The molecule has 88 valence electrons. The molecule has 0 bridgehead atoms. The monoisotopic (exact) mass is 221 g/mol. The summed E-state index contributed by atoms with van der Waals surface area (Å²) < 4.78 is 5.23. The lowest BCUT2D eigenvalue weighted by Crippen LogP contribution is -2.26. The van der Waals surface area contributed by atoms with E-state index in [0.717, 1.165) is 24.7 Å². The van der Waals surface area contributed by atoms with Crippen molar-refractivity contribution < 1.29 is 4.74 Å². The first-order chi connectivity index (χ1) is 7.90. The molecule has 1 N–H and O–H groups in total. The van der Waals surface area contributed by atoms with E-state index < -0.39 is 0 Å². The zero-order valence-corrected chi connectivity index (χ0v) is 9.78. The lowest BCUT2D eigenvalue weighted by Gasteiger charge is -2.15. The Morgan fingerprint density at radius 3 is 3.00 bits per heavy atom. The number of pyridine rings is 1. The van der Waals surface area contributed by atoms with Gasteiger partial charge in [0.15, 0.2) is 11.6 Å². The third kappa shape index (κ3) is 2.85. The third-order valence-electron chi connectivity index (χ3n) is 2.91. The molecule has 0 saturated carbocycles. The minimum atomic E-state index is 0.809. The Morgan fingerprint density at radius 1 is 1.44 bits per heavy atom. The molecule has 2 heterocycles. The van der Waals surface area contributed by atoms with Crippen LogP contribution in [0, 0.1) is 0 Å². The van der Waals surface area contributed by atoms with Crippen LogP contribution in [0.4, 0.5) is 5.82 Å². The third-order valence-corrected chi connectivity index (χ3v) is 2.91. The quantitative estimate of drug-likeness (QED) is 0.819. The van der Waals surface area contributed by atoms with Crippen molar-refractivity contribution in [1.29, 1.82) is 0 Å². The van der Waals surface area contributed by atoms with Crippen molar-refractivity contribution in [3.63, 3.8) is 0 Å². The van der Waals surface area contributed by atoms with Gasteiger partial charge in [-0.1, -0.05) is 0 Å². The standard InChI is InChI=1S/C12H19N3O/c1-16-11-5-4-6-13-12(11)14-7-10-15-8-2-3-9-15/h4-6H,2-3,7-10H2,1H3,(H,13,14). The lowest BCUT2D eigenvalue weighted by atomic mass is 10.4. The molecule has 0 unspecified atom stereocenters. The van der Waals surface area contributed by atoms with Gasteiger partial charge in [0, 0.05) is 19.3 Å². The molecular formula is C12H19N3O. The van der Waals surface area contributed by atoms with Crippen molar-refractivity contribution in [2.45, 2.75) is 12.8 Å². The molecule has 1 saturated heterocycles. The highest BCUT2D eigenvalue weighted by atomic mass is 16.5. The average Bonchev–Trinajstić information content (AvgIpc) is 2.83. The number of aromatic nitrogens is 1. The van der Waals surface area contributed by atoms with E-state index in [9.17, 15) is 0 Å². The van der Waals surface area contributed by atoms with Crippen molar-refractivity contribution >= 4 is 5.82 Å². The fourth-order valence-electron chi connectivity index (χ4n) is 2.03. The van der Waals surface area contributed by atoms with Crippen molar-refractivity contribution in [2.24, 2.45) is 0 Å². The Balaban J connectivity index is 1.79. The normalized spacial score (nSPS) is 16.3. The van der Waals surface area contributed by atoms with Crippen LogP contribution in [0.2, 0.25) is 0 Å². The van der Waals surface area contributed by atoms with E-state index >= 15 is 0 Å². The largest absolute Gasteiger partial charge is 0.493 e. The van der Waals surface area contributed by atoms with E-state index in [0.29, 0.717) is 0 Å². The summed E-state index contributed by atoms with van der Waals surface area (Å²) in [5, 5.41) is 3.31. The predicted molar refractivity (Wildman–Crippen MR) is 65.0 cm³/mol. The highest BCUT2D eigenvalue weighted by Crippen LogP contribution is 2.19. The van der Waals surface area contributed by atoms with E-state index in [1.165, 1.54) is 25.9 Å². The Bertz CT molecular complexity index is 324. The molecule has 1 fully saturated rings. The summed E-state index contributed by atoms with van der Waals surface area (Å²) in [7, 11) is 1.67. The second kappa shape index (κ2) is 5.70. The summed E-state index contributed by atoms with van der Waals surface area (Å²) in [5.41, 5.74) is 0. The summed E-state index contributed by atoms with van der Waals surface area (Å²) in [6.45, 7) is 4.48. The minimum absolute atomic E-state index is 0.809. The second-order valence-corrected chi connectivity index (χ2v) is 4.03. The van der Waals surface area contributed by atoms with Crippen molar-refractivity contribution in [3.05, 3.63) is 18.3 Å². The smallest absolute Gasteiger partial charge is 0.168 e. The summed E-state index contributed by atoms with van der Waals surface area (Å²) in [6.07, 6.45) is 4.46.